The van der Waals surface area contributed by atoms with Gasteiger partial charge in [0.1, 0.15) is 18.3 Å². The van der Waals surface area contributed by atoms with Crippen LogP contribution in [0.5, 0.6) is 0 Å². The first kappa shape index (κ1) is 47.9. The van der Waals surface area contributed by atoms with Gasteiger partial charge in [0.05, 0.1) is 25.5 Å². The molecule has 3 unspecified atom stereocenters. The number of aromatic nitrogens is 2. The molecule has 1 fully saturated rings. The van der Waals surface area contributed by atoms with E-state index in [9.17, 15) is 33.7 Å². The second kappa shape index (κ2) is 27.5. The number of aliphatic hydroxyl groups is 2. The number of hydrogen-bond donors (Lipinski definition) is 4. The molecule has 0 amide bonds. The summed E-state index contributed by atoms with van der Waals surface area (Å²) >= 11 is 1.99. The number of unbranched alkanes of at least 4 members (excludes halogenated alkanes) is 13. The third kappa shape index (κ3) is 18.8. The Labute approximate surface area is 323 Å². The second-order valence-electron chi connectivity index (χ2n) is 13.0. The number of H-pyrrole nitrogens is 1. The number of thioether (sulfide) groups is 1. The Morgan fingerprint density at radius 2 is 1.48 bits per heavy atom. The maximum atomic E-state index is 13.7. The van der Waals surface area contributed by atoms with Gasteiger partial charge in [0.25, 0.3) is 5.56 Å². The third-order valence-electron chi connectivity index (χ3n) is 8.81. The fourth-order valence-corrected chi connectivity index (χ4v) is 7.92. The standard InChI is InChI=1S/C34H62FN2O10PS.Na.H/c1-4-6-8-10-11-12-13-14-16-18-23-49-29(20-17-15-9-7-5-2)26(3)44-21-19-22-45-48(42,43)46-25-28-30(38)31(39)33(47-28)37-24-27(35)32(40)36-34(37)41;;/h24,26,28-31,33,38-39H,4-23,25H2,1-3H3,(H,42,43)(H,36,40,41);;/t26?,28-,29?,30-,31-,33-;;/m1../s1. The summed E-state index contributed by atoms with van der Waals surface area (Å²) in [5.74, 6) is -0.176. The number of rotatable bonds is 29. The van der Waals surface area contributed by atoms with Gasteiger partial charge in [-0.05, 0) is 31.9 Å². The number of hydrogen-bond acceptors (Lipinski definition) is 10. The summed E-state index contributed by atoms with van der Waals surface area (Å²) < 4.78 is 48.3. The van der Waals surface area contributed by atoms with Gasteiger partial charge in [0.15, 0.2) is 6.23 Å². The number of nitrogens with one attached hydrogen (secondary N) is 1. The van der Waals surface area contributed by atoms with E-state index in [4.69, 9.17) is 18.5 Å². The van der Waals surface area contributed by atoms with Gasteiger partial charge >= 0.3 is 43.1 Å². The van der Waals surface area contributed by atoms with Crippen LogP contribution in [-0.2, 0) is 23.1 Å². The van der Waals surface area contributed by atoms with E-state index in [1.165, 1.54) is 96.3 Å². The Balaban J connectivity index is 0.0000125. The van der Waals surface area contributed by atoms with Gasteiger partial charge in [0, 0.05) is 11.9 Å². The number of aliphatic hydroxyl groups excluding tert-OH is 2. The van der Waals surface area contributed by atoms with Crippen molar-refractivity contribution in [3.63, 3.8) is 0 Å². The quantitative estimate of drug-likeness (QED) is 0.0432. The van der Waals surface area contributed by atoms with Crippen LogP contribution in [-0.4, -0.2) is 109 Å². The van der Waals surface area contributed by atoms with Crippen molar-refractivity contribution in [2.45, 2.75) is 166 Å². The van der Waals surface area contributed by atoms with E-state index < -0.39 is 56.0 Å². The topological polar surface area (TPSA) is 170 Å². The first-order valence-electron chi connectivity index (χ1n) is 18.4. The molecule has 1 aliphatic rings. The molecule has 12 nitrogen and oxygen atoms in total. The van der Waals surface area contributed by atoms with E-state index in [1.54, 1.807) is 4.98 Å². The van der Waals surface area contributed by atoms with Crippen molar-refractivity contribution in [3.8, 4) is 0 Å². The van der Waals surface area contributed by atoms with Crippen LogP contribution in [0.1, 0.15) is 136 Å². The molecular formula is C34H63FN2NaO10PS. The van der Waals surface area contributed by atoms with Crippen LogP contribution in [0.25, 0.3) is 0 Å². The Kier molecular flexibility index (Phi) is 26.3. The molecule has 1 aromatic rings. The van der Waals surface area contributed by atoms with E-state index in [0.717, 1.165) is 12.2 Å². The number of halogens is 1. The molecule has 0 aromatic carbocycles. The average Bonchev–Trinajstić information content (AvgIpc) is 3.35. The summed E-state index contributed by atoms with van der Waals surface area (Å²) in [4.78, 5) is 35.2. The molecule has 1 aliphatic heterocycles. The summed E-state index contributed by atoms with van der Waals surface area (Å²) in [6.45, 7) is 6.13. The minimum absolute atomic E-state index is 0. The van der Waals surface area contributed by atoms with E-state index in [2.05, 4.69) is 20.8 Å². The van der Waals surface area contributed by atoms with Crippen LogP contribution < -0.4 is 11.2 Å². The van der Waals surface area contributed by atoms with Crippen molar-refractivity contribution in [1.82, 2.24) is 9.55 Å². The van der Waals surface area contributed by atoms with Gasteiger partial charge in [-0.25, -0.2) is 9.36 Å². The number of phosphoric ester groups is 1. The zero-order valence-electron chi connectivity index (χ0n) is 29.8. The molecule has 0 spiro atoms. The molecule has 2 heterocycles. The van der Waals surface area contributed by atoms with Gasteiger partial charge in [-0.2, -0.15) is 16.2 Å². The molecular weight excluding hydrogens is 701 g/mol. The molecule has 7 atom stereocenters. The summed E-state index contributed by atoms with van der Waals surface area (Å²) in [6, 6.07) is 0. The van der Waals surface area contributed by atoms with E-state index >= 15 is 0 Å². The van der Waals surface area contributed by atoms with Crippen molar-refractivity contribution < 1.29 is 42.6 Å². The van der Waals surface area contributed by atoms with Crippen LogP contribution in [0.2, 0.25) is 0 Å². The first-order chi connectivity index (χ1) is 23.5. The summed E-state index contributed by atoms with van der Waals surface area (Å²) in [7, 11) is -4.56. The van der Waals surface area contributed by atoms with Gasteiger partial charge in [-0.15, -0.1) is 0 Å². The minimum atomic E-state index is -4.56. The molecule has 16 heteroatoms. The van der Waals surface area contributed by atoms with Crippen molar-refractivity contribution in [2.24, 2.45) is 0 Å². The molecule has 1 saturated heterocycles. The van der Waals surface area contributed by atoms with Crippen LogP contribution in [0.3, 0.4) is 0 Å². The summed E-state index contributed by atoms with van der Waals surface area (Å²) in [5.41, 5.74) is -2.31. The van der Waals surface area contributed by atoms with Crippen molar-refractivity contribution in [3.05, 3.63) is 32.9 Å². The van der Waals surface area contributed by atoms with Crippen LogP contribution >= 0.6 is 19.6 Å². The maximum absolute atomic E-state index is 13.7. The molecule has 1 aromatic heterocycles. The molecule has 0 radical (unpaired) electrons. The first-order valence-corrected chi connectivity index (χ1v) is 20.9. The van der Waals surface area contributed by atoms with Crippen molar-refractivity contribution in [2.75, 3.05) is 25.6 Å². The Bertz CT molecular complexity index is 1200. The van der Waals surface area contributed by atoms with Gasteiger partial charge < -0.3 is 24.6 Å². The molecule has 4 N–H and O–H groups in total. The molecule has 0 bridgehead atoms. The second-order valence-corrected chi connectivity index (χ2v) is 15.8. The average molecular weight is 765 g/mol. The van der Waals surface area contributed by atoms with E-state index in [-0.39, 0.29) is 42.3 Å². The van der Waals surface area contributed by atoms with E-state index in [1.807, 2.05) is 11.8 Å². The van der Waals surface area contributed by atoms with Crippen molar-refractivity contribution in [1.29, 1.82) is 0 Å². The predicted molar refractivity (Wildman–Crippen MR) is 198 cm³/mol. The summed E-state index contributed by atoms with van der Waals surface area (Å²) in [6.07, 6.45) is 15.1. The molecule has 288 valence electrons. The number of phosphoric acid groups is 1. The zero-order chi connectivity index (χ0) is 36.1. The van der Waals surface area contributed by atoms with Crippen LogP contribution in [0.15, 0.2) is 15.8 Å². The third-order valence-corrected chi connectivity index (χ3v) is 11.4. The number of aromatic amines is 1. The van der Waals surface area contributed by atoms with E-state index in [0.29, 0.717) is 29.0 Å². The zero-order valence-corrected chi connectivity index (χ0v) is 31.5. The SMILES string of the molecule is CCCCCCCCCCCCSC(CCCCCCC)C(C)OCCCOP(=O)(O)OC[C@H]1O[C@@H](n2cc(F)c(=O)[nH]c2=O)[C@H](O)[C@@H]1O.[NaH]. The van der Waals surface area contributed by atoms with Crippen LogP contribution in [0, 0.1) is 5.82 Å². The Hall–Kier alpha value is -0.0900. The fraction of sp³-hybridized carbons (Fsp3) is 0.882. The predicted octanol–water partition coefficient (Wildman–Crippen LogP) is 5.96. The normalized spacial score (nSPS) is 21.5. The van der Waals surface area contributed by atoms with Gasteiger partial charge in [-0.1, -0.05) is 104 Å². The number of nitrogens with zero attached hydrogens (tertiary/aromatic N) is 1. The van der Waals surface area contributed by atoms with Gasteiger partial charge in [-0.3, -0.25) is 23.4 Å². The Morgan fingerprint density at radius 3 is 2.10 bits per heavy atom. The van der Waals surface area contributed by atoms with Gasteiger partial charge in [0.2, 0.25) is 5.82 Å². The Morgan fingerprint density at radius 1 is 0.900 bits per heavy atom. The number of ether oxygens (including phenoxy) is 2. The molecule has 50 heavy (non-hydrogen) atoms. The molecule has 0 saturated carbocycles. The van der Waals surface area contributed by atoms with Crippen molar-refractivity contribution >= 4 is 49.1 Å². The summed E-state index contributed by atoms with van der Waals surface area (Å²) in [5, 5.41) is 21.0. The molecule has 0 aliphatic carbocycles. The molecule has 2 rings (SSSR count). The van der Waals surface area contributed by atoms with Crippen LogP contribution in [0.4, 0.5) is 4.39 Å². The fourth-order valence-electron chi connectivity index (χ4n) is 5.79. The monoisotopic (exact) mass is 764 g/mol.